The van der Waals surface area contributed by atoms with Crippen LogP contribution >= 0.6 is 23.4 Å². The molecule has 102 valence electrons. The first-order valence-corrected chi connectivity index (χ1v) is 7.13. The molecule has 0 spiro atoms. The fourth-order valence-electron chi connectivity index (χ4n) is 1.63. The zero-order valence-electron chi connectivity index (χ0n) is 10.8. The molecule has 0 aliphatic rings. The fourth-order valence-corrected chi connectivity index (χ4v) is 2.82. The van der Waals surface area contributed by atoms with Crippen molar-refractivity contribution in [3.8, 4) is 0 Å². The highest BCUT2D eigenvalue weighted by atomic mass is 35.5. The number of rotatable bonds is 4. The van der Waals surface area contributed by atoms with Gasteiger partial charge in [-0.15, -0.1) is 5.10 Å². The summed E-state index contributed by atoms with van der Waals surface area (Å²) in [6.45, 7) is 5.72. The maximum Gasteiger partial charge on any atom is 0.344 e. The maximum atomic E-state index is 11.6. The number of H-pyrrole nitrogens is 1. The van der Waals surface area contributed by atoms with Gasteiger partial charge in [0.25, 0.3) is 0 Å². The highest BCUT2D eigenvalue weighted by molar-refractivity contribution is 7.98. The molecule has 2 heterocycles. The van der Waals surface area contributed by atoms with Gasteiger partial charge >= 0.3 is 5.69 Å². The lowest BCUT2D eigenvalue weighted by molar-refractivity contribution is 0.534. The average Bonchev–Trinajstić information content (AvgIpc) is 2.66. The number of aromatic amines is 1. The van der Waals surface area contributed by atoms with Crippen LogP contribution < -0.4 is 5.69 Å². The van der Waals surface area contributed by atoms with Crippen LogP contribution in [0.5, 0.6) is 0 Å². The number of aromatic nitrogens is 5. The molecule has 2 rings (SSSR count). The zero-order valence-corrected chi connectivity index (χ0v) is 12.4. The summed E-state index contributed by atoms with van der Waals surface area (Å²) in [5.41, 5.74) is 0.611. The predicted molar refractivity (Wildman–Crippen MR) is 74.6 cm³/mol. The summed E-state index contributed by atoms with van der Waals surface area (Å²) in [7, 11) is 0. The van der Waals surface area contributed by atoms with Crippen molar-refractivity contribution in [3.63, 3.8) is 0 Å². The lowest BCUT2D eigenvalue weighted by Gasteiger charge is -2.08. The average molecular weight is 300 g/mol. The van der Waals surface area contributed by atoms with Crippen LogP contribution in [0.1, 0.15) is 31.4 Å². The monoisotopic (exact) mass is 299 g/mol. The molecular formula is C11H14ClN5OS. The van der Waals surface area contributed by atoms with Gasteiger partial charge in [0, 0.05) is 11.7 Å². The Labute approximate surface area is 119 Å². The van der Waals surface area contributed by atoms with Gasteiger partial charge in [-0.05, 0) is 26.8 Å². The molecule has 0 saturated carbocycles. The molecule has 0 aliphatic heterocycles. The summed E-state index contributed by atoms with van der Waals surface area (Å²) < 4.78 is 1.60. The maximum absolute atomic E-state index is 11.6. The molecule has 0 amide bonds. The van der Waals surface area contributed by atoms with Gasteiger partial charge in [-0.2, -0.15) is 0 Å². The van der Waals surface area contributed by atoms with Crippen molar-refractivity contribution in [1.29, 1.82) is 0 Å². The number of nitrogens with zero attached hydrogens (tertiary/aromatic N) is 4. The van der Waals surface area contributed by atoms with E-state index in [4.69, 9.17) is 11.6 Å². The van der Waals surface area contributed by atoms with Gasteiger partial charge in [-0.3, -0.25) is 4.57 Å². The van der Waals surface area contributed by atoms with Crippen LogP contribution in [-0.2, 0) is 5.75 Å². The van der Waals surface area contributed by atoms with Gasteiger partial charge in [-0.25, -0.2) is 19.9 Å². The molecule has 19 heavy (non-hydrogen) atoms. The first-order valence-electron chi connectivity index (χ1n) is 5.77. The molecule has 0 bridgehead atoms. The van der Waals surface area contributed by atoms with E-state index >= 15 is 0 Å². The molecule has 0 fully saturated rings. The molecule has 0 aromatic carbocycles. The molecule has 0 aliphatic carbocycles. The summed E-state index contributed by atoms with van der Waals surface area (Å²) in [4.78, 5) is 20.0. The highest BCUT2D eigenvalue weighted by Crippen LogP contribution is 2.21. The minimum absolute atomic E-state index is 0.0516. The fraction of sp³-hybridized carbons (Fsp3) is 0.455. The first kappa shape index (κ1) is 14.1. The quantitative estimate of drug-likeness (QED) is 0.692. The molecule has 0 atom stereocenters. The second-order valence-corrected chi connectivity index (χ2v) is 5.64. The van der Waals surface area contributed by atoms with Crippen molar-refractivity contribution in [2.75, 3.05) is 0 Å². The molecule has 8 heteroatoms. The van der Waals surface area contributed by atoms with E-state index in [2.05, 4.69) is 20.2 Å². The number of nitrogens with one attached hydrogen (secondary N) is 1. The Balaban J connectivity index is 2.17. The number of halogens is 1. The van der Waals surface area contributed by atoms with Crippen LogP contribution in [0.25, 0.3) is 0 Å². The van der Waals surface area contributed by atoms with Gasteiger partial charge in [0.15, 0.2) is 5.16 Å². The molecule has 6 nitrogen and oxygen atoms in total. The van der Waals surface area contributed by atoms with Gasteiger partial charge in [0.05, 0.1) is 5.75 Å². The summed E-state index contributed by atoms with van der Waals surface area (Å²) in [5.74, 6) is 1.14. The van der Waals surface area contributed by atoms with E-state index in [0.29, 0.717) is 21.9 Å². The molecule has 0 unspecified atom stereocenters. The second kappa shape index (κ2) is 5.75. The Bertz CT molecular complexity index is 616. The molecule has 1 N–H and O–H groups in total. The number of hydrogen-bond donors (Lipinski definition) is 1. The van der Waals surface area contributed by atoms with E-state index in [-0.39, 0.29) is 11.7 Å². The van der Waals surface area contributed by atoms with E-state index in [1.165, 1.54) is 11.8 Å². The SMILES string of the molecule is Cc1cc(Cl)nc(CSc2n[nH]c(=O)n2C(C)C)n1. The Kier molecular flexibility index (Phi) is 4.26. The predicted octanol–water partition coefficient (Wildman–Crippen LogP) is 2.20. The number of hydrogen-bond acceptors (Lipinski definition) is 5. The zero-order chi connectivity index (χ0) is 14.0. The highest BCUT2D eigenvalue weighted by Gasteiger charge is 2.12. The normalized spacial score (nSPS) is 11.2. The Morgan fingerprint density at radius 1 is 1.47 bits per heavy atom. The summed E-state index contributed by atoms with van der Waals surface area (Å²) >= 11 is 7.28. The molecule has 2 aromatic heterocycles. The Morgan fingerprint density at radius 3 is 2.84 bits per heavy atom. The largest absolute Gasteiger partial charge is 0.344 e. The Morgan fingerprint density at radius 2 is 2.21 bits per heavy atom. The van der Waals surface area contributed by atoms with Gasteiger partial charge in [0.2, 0.25) is 0 Å². The topological polar surface area (TPSA) is 76.5 Å². The van der Waals surface area contributed by atoms with Crippen molar-refractivity contribution in [3.05, 3.63) is 33.2 Å². The third-order valence-corrected chi connectivity index (χ3v) is 3.53. The van der Waals surface area contributed by atoms with Gasteiger partial charge in [0.1, 0.15) is 11.0 Å². The third kappa shape index (κ3) is 3.36. The van der Waals surface area contributed by atoms with E-state index in [0.717, 1.165) is 5.69 Å². The lowest BCUT2D eigenvalue weighted by atomic mass is 10.4. The van der Waals surface area contributed by atoms with Crippen molar-refractivity contribution < 1.29 is 0 Å². The minimum atomic E-state index is -0.208. The summed E-state index contributed by atoms with van der Waals surface area (Å²) in [6, 6.07) is 1.75. The minimum Gasteiger partial charge on any atom is -0.268 e. The Hall–Kier alpha value is -1.34. The van der Waals surface area contributed by atoms with Gasteiger partial charge < -0.3 is 0 Å². The molecule has 0 radical (unpaired) electrons. The van der Waals surface area contributed by atoms with Crippen LogP contribution in [0.3, 0.4) is 0 Å². The standard InChI is InChI=1S/C11H14ClN5OS/c1-6(2)17-10(18)15-16-11(17)19-5-9-13-7(3)4-8(12)14-9/h4,6H,5H2,1-3H3,(H,15,18). The van der Waals surface area contributed by atoms with E-state index in [1.54, 1.807) is 10.6 Å². The lowest BCUT2D eigenvalue weighted by Crippen LogP contribution is -2.19. The molecular weight excluding hydrogens is 286 g/mol. The van der Waals surface area contributed by atoms with Crippen molar-refractivity contribution >= 4 is 23.4 Å². The van der Waals surface area contributed by atoms with E-state index in [9.17, 15) is 4.79 Å². The van der Waals surface area contributed by atoms with Crippen molar-refractivity contribution in [1.82, 2.24) is 24.7 Å². The second-order valence-electron chi connectivity index (χ2n) is 4.31. The van der Waals surface area contributed by atoms with Crippen LogP contribution in [0.15, 0.2) is 16.0 Å². The van der Waals surface area contributed by atoms with Crippen molar-refractivity contribution in [2.45, 2.75) is 37.7 Å². The van der Waals surface area contributed by atoms with E-state index in [1.807, 2.05) is 20.8 Å². The van der Waals surface area contributed by atoms with Crippen LogP contribution in [0.4, 0.5) is 0 Å². The first-order chi connectivity index (χ1) is 8.97. The van der Waals surface area contributed by atoms with Crippen molar-refractivity contribution in [2.24, 2.45) is 0 Å². The molecule has 2 aromatic rings. The van der Waals surface area contributed by atoms with Crippen LogP contribution in [-0.4, -0.2) is 24.7 Å². The van der Waals surface area contributed by atoms with Crippen LogP contribution in [0.2, 0.25) is 5.15 Å². The van der Waals surface area contributed by atoms with E-state index < -0.39 is 0 Å². The summed E-state index contributed by atoms with van der Waals surface area (Å²) in [5, 5.41) is 7.49. The third-order valence-electron chi connectivity index (χ3n) is 2.39. The number of thioether (sulfide) groups is 1. The van der Waals surface area contributed by atoms with Crippen LogP contribution in [0, 0.1) is 6.92 Å². The number of aryl methyl sites for hydroxylation is 1. The summed E-state index contributed by atoms with van der Waals surface area (Å²) in [6.07, 6.45) is 0. The smallest absolute Gasteiger partial charge is 0.268 e. The molecule has 0 saturated heterocycles. The van der Waals surface area contributed by atoms with Gasteiger partial charge in [-0.1, -0.05) is 23.4 Å².